The molecule has 15 atom stereocenters. The Morgan fingerprint density at radius 2 is 0.912 bits per heavy atom. The smallest absolute Gasteiger partial charge is 0.326 e. The van der Waals surface area contributed by atoms with Gasteiger partial charge in [-0.1, -0.05) is 46.2 Å². The first-order chi connectivity index (χ1) is 42.7. The van der Waals surface area contributed by atoms with Crippen molar-refractivity contribution in [1.82, 2.24) is 58.5 Å². The second kappa shape index (κ2) is 41.6. The SMILES string of the molecule is CC[C@H](C)[C@H](NC(=O)[C@H](CO)NC(=O)[C@H](CCCCN)NC(=O)[C@H](CCC(N)=O)NC(=O)[C@H](CO)NC(=O)[C@@H](NC(=O)[C@@H](N)CO)[C@@H](C)O)C(=O)N[C@H](C(=O)N[C@@H](C)C(=O)N[C@@H](Cc1ccc(O)cc1)C(=O)N[C@H](C(=O)N[C@@H](CCSC)C(=O)O)[C@@H](C)O)C(C)C. The number of hydrogen-bond donors (Lipinski definition) is 21. The van der Waals surface area contributed by atoms with Crippen molar-refractivity contribution in [2.75, 3.05) is 38.4 Å². The highest BCUT2D eigenvalue weighted by Crippen LogP contribution is 2.15. The van der Waals surface area contributed by atoms with Crippen LogP contribution in [0.25, 0.3) is 0 Å². The van der Waals surface area contributed by atoms with Crippen LogP contribution in [-0.4, -0.2) is 236 Å². The number of thioether (sulfide) groups is 1. The van der Waals surface area contributed by atoms with Crippen molar-refractivity contribution < 1.29 is 98.1 Å². The number of phenolic OH excluding ortho intramolecular Hbond substituents is 1. The number of aliphatic hydroxyl groups excluding tert-OH is 5. The molecule has 1 rings (SSSR count). The first-order valence-electron chi connectivity index (χ1n) is 29.5. The van der Waals surface area contributed by atoms with E-state index in [0.717, 1.165) is 6.92 Å². The number of hydrogen-bond acceptors (Lipinski definition) is 22. The lowest BCUT2D eigenvalue weighted by atomic mass is 9.96. The van der Waals surface area contributed by atoms with E-state index in [-0.39, 0.29) is 44.4 Å². The van der Waals surface area contributed by atoms with Crippen LogP contribution in [-0.2, 0) is 68.7 Å². The lowest BCUT2D eigenvalue weighted by Gasteiger charge is -2.30. The van der Waals surface area contributed by atoms with Crippen molar-refractivity contribution in [3.63, 3.8) is 0 Å². The number of rotatable bonds is 43. The van der Waals surface area contributed by atoms with Crippen LogP contribution in [0.4, 0.5) is 0 Å². The Morgan fingerprint density at radius 3 is 1.37 bits per heavy atom. The Morgan fingerprint density at radius 1 is 0.495 bits per heavy atom. The molecule has 0 saturated heterocycles. The molecule has 35 heteroatoms. The topological polar surface area (TPSA) is 574 Å². The summed E-state index contributed by atoms with van der Waals surface area (Å²) < 4.78 is 0. The van der Waals surface area contributed by atoms with Crippen molar-refractivity contribution in [2.45, 2.75) is 185 Å². The van der Waals surface area contributed by atoms with Crippen LogP contribution in [0.1, 0.15) is 99.0 Å². The van der Waals surface area contributed by atoms with Crippen LogP contribution < -0.4 is 75.7 Å². The zero-order chi connectivity index (χ0) is 69.4. The van der Waals surface area contributed by atoms with Crippen LogP contribution in [0.15, 0.2) is 24.3 Å². The van der Waals surface area contributed by atoms with Crippen LogP contribution in [0.2, 0.25) is 0 Å². The molecule has 0 radical (unpaired) electrons. The molecule has 514 valence electrons. The summed E-state index contributed by atoms with van der Waals surface area (Å²) in [6.07, 6.45) is -2.14. The summed E-state index contributed by atoms with van der Waals surface area (Å²) in [7, 11) is 0. The van der Waals surface area contributed by atoms with E-state index >= 15 is 0 Å². The van der Waals surface area contributed by atoms with Gasteiger partial charge < -0.3 is 111 Å². The minimum Gasteiger partial charge on any atom is -0.508 e. The Kier molecular flexibility index (Phi) is 37.1. The minimum absolute atomic E-state index is 0.0218. The zero-order valence-corrected chi connectivity index (χ0v) is 53.1. The molecule has 0 aliphatic carbocycles. The lowest BCUT2D eigenvalue weighted by Crippen LogP contribution is -2.62. The van der Waals surface area contributed by atoms with E-state index in [4.69, 9.17) is 17.2 Å². The molecule has 34 nitrogen and oxygen atoms in total. The van der Waals surface area contributed by atoms with Crippen LogP contribution in [0.5, 0.6) is 5.75 Å². The second-order valence-electron chi connectivity index (χ2n) is 22.1. The van der Waals surface area contributed by atoms with Crippen LogP contribution in [0, 0.1) is 11.8 Å². The minimum atomic E-state index is -1.86. The fourth-order valence-corrected chi connectivity index (χ4v) is 8.89. The summed E-state index contributed by atoms with van der Waals surface area (Å²) in [5.74, 6) is -15.0. The summed E-state index contributed by atoms with van der Waals surface area (Å²) in [6, 6.07) is -13.6. The van der Waals surface area contributed by atoms with E-state index < -0.39 is 206 Å². The number of aliphatic carboxylic acids is 1. The molecule has 0 bridgehead atoms. The molecule has 0 aromatic heterocycles. The molecule has 0 fully saturated rings. The van der Waals surface area contributed by atoms with Gasteiger partial charge in [0.05, 0.1) is 32.0 Å². The van der Waals surface area contributed by atoms with Crippen molar-refractivity contribution in [1.29, 1.82) is 0 Å². The number of primary amides is 1. The highest BCUT2D eigenvalue weighted by molar-refractivity contribution is 7.98. The number of amides is 12. The van der Waals surface area contributed by atoms with E-state index in [1.165, 1.54) is 49.9 Å². The first kappa shape index (κ1) is 81.2. The standard InChI is InChI=1S/C56H94N14O20S/c1-9-27(4)42(53(86)67-41(26(2)3)52(85)60-28(5)45(78)64-37(22-31-13-15-32(76)16-14-31)49(82)70-44(30(7)75)54(87)63-36(56(89)90)19-21-91-8)68-51(84)39(25-73)65-47(80)34(12-10-11-20-57)61-48(81)35(17-18-40(59)77)62-50(83)38(24-72)66-55(88)43(29(6)74)69-46(79)33(58)23-71/h13-16,26-30,33-39,41-44,71-76H,9-12,17-25,57-58H2,1-8H3,(H2,59,77)(H,60,85)(H,61,81)(H,62,83)(H,63,87)(H,64,78)(H,65,80)(H,66,88)(H,67,86)(H,68,84)(H,69,79)(H,70,82)(H,89,90)/t27-,28-,29+,30+,33-,34-,35-,36-,37-,38-,39-,41-,42-,43-,44-/m0/s1. The van der Waals surface area contributed by atoms with Crippen molar-refractivity contribution in [2.24, 2.45) is 29.0 Å². The van der Waals surface area contributed by atoms with E-state index in [0.29, 0.717) is 17.7 Å². The number of nitrogens with one attached hydrogen (secondary N) is 11. The Bertz CT molecular complexity index is 2600. The molecule has 0 unspecified atom stereocenters. The largest absolute Gasteiger partial charge is 0.508 e. The van der Waals surface area contributed by atoms with Gasteiger partial charge in [0.25, 0.3) is 0 Å². The molecule has 91 heavy (non-hydrogen) atoms. The predicted octanol–water partition coefficient (Wildman–Crippen LogP) is -7.71. The van der Waals surface area contributed by atoms with E-state index in [1.807, 2.05) is 0 Å². The second-order valence-corrected chi connectivity index (χ2v) is 23.1. The maximum absolute atomic E-state index is 14.2. The number of aliphatic hydroxyl groups is 5. The summed E-state index contributed by atoms with van der Waals surface area (Å²) in [6.45, 7) is 7.01. The maximum atomic E-state index is 14.2. The van der Waals surface area contributed by atoms with Gasteiger partial charge in [-0.2, -0.15) is 11.8 Å². The van der Waals surface area contributed by atoms with E-state index in [9.17, 15) is 98.1 Å². The number of benzene rings is 1. The summed E-state index contributed by atoms with van der Waals surface area (Å²) >= 11 is 1.33. The van der Waals surface area contributed by atoms with Gasteiger partial charge in [-0.3, -0.25) is 57.5 Å². The third-order valence-electron chi connectivity index (χ3n) is 14.2. The van der Waals surface area contributed by atoms with Crippen molar-refractivity contribution in [3.8, 4) is 5.75 Å². The third kappa shape index (κ3) is 28.5. The molecule has 12 amide bonds. The van der Waals surface area contributed by atoms with Crippen molar-refractivity contribution >= 4 is 88.6 Å². The third-order valence-corrected chi connectivity index (χ3v) is 14.9. The molecule has 24 N–H and O–H groups in total. The number of aromatic hydroxyl groups is 1. The number of carboxylic acids is 1. The Labute approximate surface area is 531 Å². The van der Waals surface area contributed by atoms with Crippen LogP contribution >= 0.6 is 11.8 Å². The van der Waals surface area contributed by atoms with Gasteiger partial charge in [-0.25, -0.2) is 4.79 Å². The zero-order valence-electron chi connectivity index (χ0n) is 52.3. The highest BCUT2D eigenvalue weighted by atomic mass is 32.2. The number of carbonyl (C=O) groups excluding carboxylic acids is 12. The fraction of sp³-hybridized carbons (Fsp3) is 0.661. The average Bonchev–Trinajstić information content (AvgIpc) is 2.52. The van der Waals surface area contributed by atoms with Gasteiger partial charge >= 0.3 is 5.97 Å². The monoisotopic (exact) mass is 1310 g/mol. The van der Waals surface area contributed by atoms with Gasteiger partial charge in [0.2, 0.25) is 70.9 Å². The maximum Gasteiger partial charge on any atom is 0.326 e. The van der Waals surface area contributed by atoms with Crippen LogP contribution in [0.3, 0.4) is 0 Å². The summed E-state index contributed by atoms with van der Waals surface area (Å²) in [5.41, 5.74) is 16.9. The Hall–Kier alpha value is -7.80. The Balaban J connectivity index is 3.42. The molecule has 0 aliphatic heterocycles. The van der Waals surface area contributed by atoms with E-state index in [2.05, 4.69) is 58.5 Å². The molecular weight excluding hydrogens is 1220 g/mol. The first-order valence-corrected chi connectivity index (χ1v) is 30.9. The highest BCUT2D eigenvalue weighted by Gasteiger charge is 2.38. The molecule has 1 aromatic carbocycles. The quantitative estimate of drug-likeness (QED) is 0.0270. The summed E-state index contributed by atoms with van der Waals surface area (Å²) in [4.78, 5) is 174. The fourth-order valence-electron chi connectivity index (χ4n) is 8.42. The normalized spacial score (nSPS) is 16.2. The number of carbonyl (C=O) groups is 13. The number of unbranched alkanes of at least 4 members (excludes halogenated alkanes) is 1. The number of carboxylic acid groups (broad SMARTS) is 1. The van der Waals surface area contributed by atoms with E-state index in [1.54, 1.807) is 34.0 Å². The van der Waals surface area contributed by atoms with Gasteiger partial charge in [0, 0.05) is 12.8 Å². The molecule has 0 saturated carbocycles. The molecule has 0 spiro atoms. The lowest BCUT2D eigenvalue weighted by molar-refractivity contribution is -0.143. The van der Waals surface area contributed by atoms with Gasteiger partial charge in [0.1, 0.15) is 78.3 Å². The summed E-state index contributed by atoms with van der Waals surface area (Å²) in [5, 5.41) is 96.0. The predicted molar refractivity (Wildman–Crippen MR) is 328 cm³/mol. The van der Waals surface area contributed by atoms with Crippen molar-refractivity contribution in [3.05, 3.63) is 29.8 Å². The van der Waals surface area contributed by atoms with Gasteiger partial charge in [-0.05, 0) is 101 Å². The van der Waals surface area contributed by atoms with Gasteiger partial charge in [0.15, 0.2) is 0 Å². The van der Waals surface area contributed by atoms with Gasteiger partial charge in [-0.15, -0.1) is 0 Å². The number of nitrogens with two attached hydrogens (primary N) is 3. The molecule has 0 heterocycles. The molecule has 1 aromatic rings. The molecular formula is C56H94N14O20S. The number of phenols is 1. The molecule has 0 aliphatic rings. The average molecular weight is 1320 g/mol.